The van der Waals surface area contributed by atoms with E-state index in [2.05, 4.69) is 11.9 Å². The Labute approximate surface area is 110 Å². The molecule has 0 radical (unpaired) electrons. The van der Waals surface area contributed by atoms with Gasteiger partial charge in [0.25, 0.3) is 0 Å². The zero-order chi connectivity index (χ0) is 14.0. The molecule has 2 atom stereocenters. The van der Waals surface area contributed by atoms with Crippen molar-refractivity contribution < 1.29 is 17.9 Å². The lowest BCUT2D eigenvalue weighted by molar-refractivity contribution is -0.141. The van der Waals surface area contributed by atoms with Gasteiger partial charge >= 0.3 is 6.18 Å². The second kappa shape index (κ2) is 5.36. The van der Waals surface area contributed by atoms with Crippen molar-refractivity contribution in [1.82, 2.24) is 4.98 Å². The molecule has 106 valence electrons. The molecule has 1 aliphatic heterocycles. The van der Waals surface area contributed by atoms with Gasteiger partial charge in [-0.3, -0.25) is 0 Å². The number of anilines is 1. The largest absolute Gasteiger partial charge is 0.433 e. The first-order valence-electron chi connectivity index (χ1n) is 6.24. The van der Waals surface area contributed by atoms with Gasteiger partial charge in [0.1, 0.15) is 11.5 Å². The van der Waals surface area contributed by atoms with Gasteiger partial charge < -0.3 is 9.64 Å². The highest BCUT2D eigenvalue weighted by atomic mass is 19.4. The first kappa shape index (κ1) is 14.1. The van der Waals surface area contributed by atoms with Gasteiger partial charge in [0.15, 0.2) is 0 Å². The Hall–Kier alpha value is -1.30. The molecule has 1 aromatic rings. The Bertz CT molecular complexity index is 436. The Morgan fingerprint density at radius 2 is 2.11 bits per heavy atom. The van der Waals surface area contributed by atoms with E-state index in [1.165, 1.54) is 6.07 Å². The maximum Gasteiger partial charge on any atom is 0.433 e. The maximum absolute atomic E-state index is 12.6. The van der Waals surface area contributed by atoms with Gasteiger partial charge in [-0.2, -0.15) is 13.2 Å². The van der Waals surface area contributed by atoms with E-state index in [1.54, 1.807) is 13.2 Å². The van der Waals surface area contributed by atoms with Gasteiger partial charge in [-0.05, 0) is 24.5 Å². The number of halogens is 3. The van der Waals surface area contributed by atoms with E-state index in [-0.39, 0.29) is 6.10 Å². The summed E-state index contributed by atoms with van der Waals surface area (Å²) >= 11 is 0. The fourth-order valence-electron chi connectivity index (χ4n) is 2.31. The average Bonchev–Trinajstić information content (AvgIpc) is 2.38. The topological polar surface area (TPSA) is 25.4 Å². The minimum Gasteiger partial charge on any atom is -0.379 e. The van der Waals surface area contributed by atoms with E-state index in [0.717, 1.165) is 12.5 Å². The maximum atomic E-state index is 12.6. The Morgan fingerprint density at radius 3 is 2.74 bits per heavy atom. The molecule has 6 heteroatoms. The van der Waals surface area contributed by atoms with E-state index in [0.29, 0.717) is 24.8 Å². The summed E-state index contributed by atoms with van der Waals surface area (Å²) in [6.45, 7) is 3.37. The first-order valence-corrected chi connectivity index (χ1v) is 6.24. The van der Waals surface area contributed by atoms with Gasteiger partial charge in [-0.1, -0.05) is 13.0 Å². The fourth-order valence-corrected chi connectivity index (χ4v) is 2.31. The number of alkyl halides is 3. The molecule has 0 spiro atoms. The van der Waals surface area contributed by atoms with Crippen LogP contribution in [0.15, 0.2) is 18.2 Å². The van der Waals surface area contributed by atoms with Crippen molar-refractivity contribution in [3.8, 4) is 0 Å². The molecule has 0 amide bonds. The number of methoxy groups -OCH3 is 1. The highest BCUT2D eigenvalue weighted by Gasteiger charge is 2.33. The zero-order valence-electron chi connectivity index (χ0n) is 10.9. The molecule has 19 heavy (non-hydrogen) atoms. The SMILES string of the molecule is COC1CN(c2cccc(C(F)(F)F)n2)CCC1C. The fraction of sp³-hybridized carbons (Fsp3) is 0.615. The Kier molecular flexibility index (Phi) is 3.99. The van der Waals surface area contributed by atoms with E-state index >= 15 is 0 Å². The molecule has 0 bridgehead atoms. The second-order valence-corrected chi connectivity index (χ2v) is 4.86. The van der Waals surface area contributed by atoms with Gasteiger partial charge in [-0.25, -0.2) is 4.98 Å². The number of pyridine rings is 1. The van der Waals surface area contributed by atoms with Crippen LogP contribution in [0, 0.1) is 5.92 Å². The molecule has 3 nitrogen and oxygen atoms in total. The lowest BCUT2D eigenvalue weighted by Crippen LogP contribution is -2.44. The zero-order valence-corrected chi connectivity index (χ0v) is 10.9. The van der Waals surface area contributed by atoms with Crippen molar-refractivity contribution in [2.24, 2.45) is 5.92 Å². The average molecular weight is 274 g/mol. The standard InChI is InChI=1S/C13H17F3N2O/c1-9-6-7-18(8-10(9)19-2)12-5-3-4-11(17-12)13(14,15)16/h3-5,9-10H,6-8H2,1-2H3. The molecule has 0 saturated carbocycles. The summed E-state index contributed by atoms with van der Waals surface area (Å²) in [4.78, 5) is 5.56. The van der Waals surface area contributed by atoms with Crippen molar-refractivity contribution in [1.29, 1.82) is 0 Å². The number of hydrogen-bond acceptors (Lipinski definition) is 3. The quantitative estimate of drug-likeness (QED) is 0.829. The van der Waals surface area contributed by atoms with Gasteiger partial charge in [-0.15, -0.1) is 0 Å². The third-order valence-corrected chi connectivity index (χ3v) is 3.54. The molecule has 0 aliphatic carbocycles. The first-order chi connectivity index (χ1) is 8.91. The van der Waals surface area contributed by atoms with Crippen LogP contribution in [-0.4, -0.2) is 31.3 Å². The molecule has 0 aromatic carbocycles. The molecule has 2 unspecified atom stereocenters. The van der Waals surface area contributed by atoms with Crippen LogP contribution in [0.25, 0.3) is 0 Å². The molecular formula is C13H17F3N2O. The summed E-state index contributed by atoms with van der Waals surface area (Å²) in [7, 11) is 1.63. The van der Waals surface area contributed by atoms with Crippen molar-refractivity contribution in [3.63, 3.8) is 0 Å². The number of ether oxygens (including phenoxy) is 1. The van der Waals surface area contributed by atoms with Crippen LogP contribution >= 0.6 is 0 Å². The van der Waals surface area contributed by atoms with E-state index in [4.69, 9.17) is 4.74 Å². The molecule has 0 N–H and O–H groups in total. The van der Waals surface area contributed by atoms with Crippen molar-refractivity contribution in [3.05, 3.63) is 23.9 Å². The molecular weight excluding hydrogens is 257 g/mol. The molecule has 1 aliphatic rings. The van der Waals surface area contributed by atoms with Crippen LogP contribution in [0.3, 0.4) is 0 Å². The molecule has 1 aromatic heterocycles. The van der Waals surface area contributed by atoms with Gasteiger partial charge in [0, 0.05) is 20.2 Å². The van der Waals surface area contributed by atoms with Crippen LogP contribution in [0.2, 0.25) is 0 Å². The Morgan fingerprint density at radius 1 is 1.37 bits per heavy atom. The number of hydrogen-bond donors (Lipinski definition) is 0. The summed E-state index contributed by atoms with van der Waals surface area (Å²) in [5.41, 5.74) is -0.849. The molecule has 1 fully saturated rings. The minimum atomic E-state index is -4.40. The molecule has 1 saturated heterocycles. The lowest BCUT2D eigenvalue weighted by Gasteiger charge is -2.37. The smallest absolute Gasteiger partial charge is 0.379 e. The van der Waals surface area contributed by atoms with Crippen LogP contribution < -0.4 is 4.90 Å². The third-order valence-electron chi connectivity index (χ3n) is 3.54. The van der Waals surface area contributed by atoms with E-state index < -0.39 is 11.9 Å². The minimum absolute atomic E-state index is 0.0325. The van der Waals surface area contributed by atoms with Crippen LogP contribution in [0.1, 0.15) is 19.0 Å². The summed E-state index contributed by atoms with van der Waals surface area (Å²) in [6, 6.07) is 3.99. The summed E-state index contributed by atoms with van der Waals surface area (Å²) in [6.07, 6.45) is -3.49. The predicted molar refractivity (Wildman–Crippen MR) is 66.0 cm³/mol. The van der Waals surface area contributed by atoms with Gasteiger partial charge in [0.2, 0.25) is 0 Å². The second-order valence-electron chi connectivity index (χ2n) is 4.86. The summed E-state index contributed by atoms with van der Waals surface area (Å²) in [5, 5.41) is 0. The summed E-state index contributed by atoms with van der Waals surface area (Å²) in [5.74, 6) is 0.774. The van der Waals surface area contributed by atoms with Gasteiger partial charge in [0.05, 0.1) is 6.10 Å². The number of piperidine rings is 1. The van der Waals surface area contributed by atoms with Crippen LogP contribution in [0.5, 0.6) is 0 Å². The summed E-state index contributed by atoms with van der Waals surface area (Å²) < 4.78 is 43.3. The van der Waals surface area contributed by atoms with Crippen molar-refractivity contribution >= 4 is 5.82 Å². The Balaban J connectivity index is 2.18. The normalized spacial score (nSPS) is 24.6. The number of aromatic nitrogens is 1. The number of nitrogens with zero attached hydrogens (tertiary/aromatic N) is 2. The lowest BCUT2D eigenvalue weighted by atomic mass is 9.96. The monoisotopic (exact) mass is 274 g/mol. The molecule has 2 rings (SSSR count). The number of rotatable bonds is 2. The predicted octanol–water partition coefficient (Wildman–Crippen LogP) is 2.96. The third kappa shape index (κ3) is 3.18. The van der Waals surface area contributed by atoms with E-state index in [1.807, 2.05) is 4.90 Å². The molecule has 2 heterocycles. The highest BCUT2D eigenvalue weighted by molar-refractivity contribution is 5.40. The van der Waals surface area contributed by atoms with Crippen LogP contribution in [-0.2, 0) is 10.9 Å². The highest BCUT2D eigenvalue weighted by Crippen LogP contribution is 2.30. The van der Waals surface area contributed by atoms with Crippen molar-refractivity contribution in [2.75, 3.05) is 25.1 Å². The van der Waals surface area contributed by atoms with Crippen molar-refractivity contribution in [2.45, 2.75) is 25.6 Å². The van der Waals surface area contributed by atoms with Crippen LogP contribution in [0.4, 0.5) is 19.0 Å². The van der Waals surface area contributed by atoms with E-state index in [9.17, 15) is 13.2 Å².